The molecule has 1 fully saturated rings. The van der Waals surface area contributed by atoms with Crippen LogP contribution in [0.1, 0.15) is 30.9 Å². The van der Waals surface area contributed by atoms with Gasteiger partial charge in [0.25, 0.3) is 5.91 Å². The molecular formula is C23H31IN4O3. The van der Waals surface area contributed by atoms with Crippen molar-refractivity contribution in [3.63, 3.8) is 0 Å². The minimum atomic E-state index is -0.0721. The Morgan fingerprint density at radius 3 is 2.48 bits per heavy atom. The Morgan fingerprint density at radius 1 is 1.06 bits per heavy atom. The molecule has 0 radical (unpaired) electrons. The number of carbonyl (C=O) groups is 1. The van der Waals surface area contributed by atoms with Gasteiger partial charge in [-0.1, -0.05) is 24.3 Å². The van der Waals surface area contributed by atoms with Crippen molar-refractivity contribution >= 4 is 35.8 Å². The lowest BCUT2D eigenvalue weighted by atomic mass is 10.2. The first-order valence-corrected chi connectivity index (χ1v) is 10.3. The highest BCUT2D eigenvalue weighted by Gasteiger charge is 2.23. The maximum atomic E-state index is 11.8. The average molecular weight is 538 g/mol. The van der Waals surface area contributed by atoms with Crippen LogP contribution in [-0.2, 0) is 17.9 Å². The maximum absolute atomic E-state index is 11.8. The number of ether oxygens (including phenoxy) is 2. The third-order valence-electron chi connectivity index (χ3n) is 4.57. The molecule has 1 amide bonds. The number of methoxy groups -OCH3 is 1. The lowest BCUT2D eigenvalue weighted by Crippen LogP contribution is -2.36. The van der Waals surface area contributed by atoms with Crippen molar-refractivity contribution in [3.8, 4) is 11.5 Å². The minimum Gasteiger partial charge on any atom is -0.497 e. The van der Waals surface area contributed by atoms with E-state index in [1.165, 1.54) is 0 Å². The summed E-state index contributed by atoms with van der Waals surface area (Å²) in [6, 6.07) is 15.9. The quantitative estimate of drug-likeness (QED) is 0.246. The van der Waals surface area contributed by atoms with E-state index in [2.05, 4.69) is 20.9 Å². The summed E-state index contributed by atoms with van der Waals surface area (Å²) in [5.74, 6) is 2.16. The standard InChI is InChI=1S/C23H30N4O3.HI/c1-3-24-23(25-14-17-6-4-8-20(12-17)29-2)26-15-18-7-5-9-21(13-18)30-16-22(28)27-19-10-11-19;/h4-9,12-13,19H,3,10-11,14-16H2,1-2H3,(H,27,28)(H2,24,25,26);1H. The highest BCUT2D eigenvalue weighted by atomic mass is 127. The summed E-state index contributed by atoms with van der Waals surface area (Å²) in [4.78, 5) is 16.4. The molecule has 3 N–H and O–H groups in total. The Balaban J connectivity index is 0.00000341. The number of hydrogen-bond donors (Lipinski definition) is 3. The number of carbonyl (C=O) groups excluding carboxylic acids is 1. The van der Waals surface area contributed by atoms with Crippen LogP contribution in [0.5, 0.6) is 11.5 Å². The molecule has 31 heavy (non-hydrogen) atoms. The number of nitrogens with zero attached hydrogens (tertiary/aromatic N) is 1. The van der Waals surface area contributed by atoms with Crippen molar-refractivity contribution in [2.45, 2.75) is 38.9 Å². The van der Waals surface area contributed by atoms with Gasteiger partial charge in [0.05, 0.1) is 13.7 Å². The van der Waals surface area contributed by atoms with Crippen molar-refractivity contribution in [2.75, 3.05) is 20.3 Å². The average Bonchev–Trinajstić information content (AvgIpc) is 3.58. The summed E-state index contributed by atoms with van der Waals surface area (Å²) in [5.41, 5.74) is 2.12. The lowest BCUT2D eigenvalue weighted by Gasteiger charge is -2.12. The van der Waals surface area contributed by atoms with Gasteiger partial charge < -0.3 is 25.4 Å². The Morgan fingerprint density at radius 2 is 1.77 bits per heavy atom. The van der Waals surface area contributed by atoms with Crippen molar-refractivity contribution in [3.05, 3.63) is 59.7 Å². The Bertz CT molecular complexity index is 871. The van der Waals surface area contributed by atoms with Crippen LogP contribution in [0.2, 0.25) is 0 Å². The van der Waals surface area contributed by atoms with Crippen molar-refractivity contribution in [1.29, 1.82) is 0 Å². The van der Waals surface area contributed by atoms with Gasteiger partial charge >= 0.3 is 0 Å². The van der Waals surface area contributed by atoms with Gasteiger partial charge in [-0.3, -0.25) is 4.79 Å². The molecule has 1 aliphatic carbocycles. The zero-order chi connectivity index (χ0) is 21.2. The molecule has 3 rings (SSSR count). The lowest BCUT2D eigenvalue weighted by molar-refractivity contribution is -0.123. The van der Waals surface area contributed by atoms with E-state index in [-0.39, 0.29) is 36.5 Å². The van der Waals surface area contributed by atoms with E-state index in [0.29, 0.717) is 24.9 Å². The van der Waals surface area contributed by atoms with Crippen LogP contribution in [0, 0.1) is 0 Å². The van der Waals surface area contributed by atoms with E-state index in [9.17, 15) is 4.79 Å². The Hall–Kier alpha value is -2.49. The molecule has 8 heteroatoms. The molecule has 2 aromatic carbocycles. The smallest absolute Gasteiger partial charge is 0.258 e. The number of halogens is 1. The van der Waals surface area contributed by atoms with Gasteiger partial charge in [-0.2, -0.15) is 0 Å². The number of aliphatic imine (C=N–C) groups is 1. The first kappa shape index (κ1) is 24.8. The van der Waals surface area contributed by atoms with Crippen LogP contribution in [0.3, 0.4) is 0 Å². The fourth-order valence-corrected chi connectivity index (χ4v) is 2.86. The summed E-state index contributed by atoms with van der Waals surface area (Å²) in [6.07, 6.45) is 2.14. The van der Waals surface area contributed by atoms with E-state index in [0.717, 1.165) is 42.2 Å². The van der Waals surface area contributed by atoms with E-state index >= 15 is 0 Å². The fraction of sp³-hybridized carbons (Fsp3) is 0.391. The second-order valence-electron chi connectivity index (χ2n) is 7.18. The number of amides is 1. The molecule has 0 spiro atoms. The summed E-state index contributed by atoms with van der Waals surface area (Å²) < 4.78 is 10.9. The second kappa shape index (κ2) is 13.0. The van der Waals surface area contributed by atoms with Gasteiger partial charge in [0.1, 0.15) is 11.5 Å². The maximum Gasteiger partial charge on any atom is 0.258 e. The molecule has 0 heterocycles. The molecule has 7 nitrogen and oxygen atoms in total. The van der Waals surface area contributed by atoms with Crippen LogP contribution in [0.25, 0.3) is 0 Å². The first-order valence-electron chi connectivity index (χ1n) is 10.3. The molecule has 0 aliphatic heterocycles. The SMILES string of the molecule is CCNC(=NCc1cccc(OCC(=O)NC2CC2)c1)NCc1cccc(OC)c1.I. The number of rotatable bonds is 10. The Kier molecular flexibility index (Phi) is 10.4. The zero-order valence-electron chi connectivity index (χ0n) is 18.0. The zero-order valence-corrected chi connectivity index (χ0v) is 20.3. The summed E-state index contributed by atoms with van der Waals surface area (Å²) in [5, 5.41) is 9.51. The van der Waals surface area contributed by atoms with Gasteiger partial charge in [0.2, 0.25) is 0 Å². The topological polar surface area (TPSA) is 84.0 Å². The molecular weight excluding hydrogens is 507 g/mol. The second-order valence-corrected chi connectivity index (χ2v) is 7.18. The molecule has 1 aliphatic rings. The molecule has 0 unspecified atom stereocenters. The third kappa shape index (κ3) is 9.04. The van der Waals surface area contributed by atoms with Gasteiger partial charge in [0.15, 0.2) is 12.6 Å². The van der Waals surface area contributed by atoms with Crippen LogP contribution in [0.4, 0.5) is 0 Å². The molecule has 0 saturated heterocycles. The van der Waals surface area contributed by atoms with Crippen LogP contribution < -0.4 is 25.4 Å². The van der Waals surface area contributed by atoms with E-state index in [1.54, 1.807) is 7.11 Å². The molecule has 0 aromatic heterocycles. The predicted molar refractivity (Wildman–Crippen MR) is 133 cm³/mol. The Labute approximate surface area is 201 Å². The summed E-state index contributed by atoms with van der Waals surface area (Å²) >= 11 is 0. The first-order chi connectivity index (χ1) is 14.7. The van der Waals surface area contributed by atoms with E-state index in [1.807, 2.05) is 55.5 Å². The number of benzene rings is 2. The van der Waals surface area contributed by atoms with E-state index in [4.69, 9.17) is 9.47 Å². The molecule has 1 saturated carbocycles. The molecule has 2 aromatic rings. The van der Waals surface area contributed by atoms with Crippen molar-refractivity contribution in [1.82, 2.24) is 16.0 Å². The highest BCUT2D eigenvalue weighted by molar-refractivity contribution is 14.0. The minimum absolute atomic E-state index is 0. The number of guanidine groups is 1. The van der Waals surface area contributed by atoms with Gasteiger partial charge in [-0.25, -0.2) is 4.99 Å². The molecule has 0 atom stereocenters. The monoisotopic (exact) mass is 538 g/mol. The van der Waals surface area contributed by atoms with Gasteiger partial charge in [0, 0.05) is 19.1 Å². The summed E-state index contributed by atoms with van der Waals surface area (Å²) in [7, 11) is 1.66. The number of nitrogens with one attached hydrogen (secondary N) is 3. The van der Waals surface area contributed by atoms with E-state index < -0.39 is 0 Å². The van der Waals surface area contributed by atoms with Gasteiger partial charge in [-0.05, 0) is 55.2 Å². The van der Waals surface area contributed by atoms with Crippen LogP contribution in [0.15, 0.2) is 53.5 Å². The largest absolute Gasteiger partial charge is 0.497 e. The van der Waals surface area contributed by atoms with Crippen molar-refractivity contribution in [2.24, 2.45) is 4.99 Å². The van der Waals surface area contributed by atoms with Crippen LogP contribution >= 0.6 is 24.0 Å². The normalized spacial score (nSPS) is 13.0. The van der Waals surface area contributed by atoms with Crippen LogP contribution in [-0.4, -0.2) is 38.2 Å². The third-order valence-corrected chi connectivity index (χ3v) is 4.57. The number of hydrogen-bond acceptors (Lipinski definition) is 4. The molecule has 0 bridgehead atoms. The summed E-state index contributed by atoms with van der Waals surface area (Å²) in [6.45, 7) is 3.97. The molecule has 168 valence electrons. The predicted octanol–water partition coefficient (Wildman–Crippen LogP) is 3.23. The van der Waals surface area contributed by atoms with Crippen molar-refractivity contribution < 1.29 is 14.3 Å². The van der Waals surface area contributed by atoms with Gasteiger partial charge in [-0.15, -0.1) is 24.0 Å². The highest BCUT2D eigenvalue weighted by Crippen LogP contribution is 2.19. The fourth-order valence-electron chi connectivity index (χ4n) is 2.86.